The Hall–Kier alpha value is -0.810. The smallest absolute Gasteiger partial charge is 0.317 e. The van der Waals surface area contributed by atoms with Gasteiger partial charge in [-0.15, -0.1) is 0 Å². The second-order valence-electron chi connectivity index (χ2n) is 5.67. The summed E-state index contributed by atoms with van der Waals surface area (Å²) in [5.74, 6) is 0.296. The van der Waals surface area contributed by atoms with Crippen molar-refractivity contribution in [2.75, 3.05) is 39.8 Å². The predicted molar refractivity (Wildman–Crippen MR) is 77.2 cm³/mol. The number of likely N-dealkylation sites (N-methyl/N-ethyl adjacent to an activating group) is 1. The molecular formula is C14H29N3O2. The number of amides is 2. The first-order chi connectivity index (χ1) is 9.04. The van der Waals surface area contributed by atoms with Gasteiger partial charge in [-0.2, -0.15) is 0 Å². The number of aliphatic hydroxyl groups is 1. The number of likely N-dealkylation sites (tertiary alicyclic amines) is 1. The number of nitrogens with one attached hydrogen (secondary N) is 1. The van der Waals surface area contributed by atoms with Gasteiger partial charge in [-0.25, -0.2) is 4.79 Å². The Balaban J connectivity index is 2.17. The molecule has 2 amide bonds. The van der Waals surface area contributed by atoms with Gasteiger partial charge in [0.05, 0.1) is 6.10 Å². The van der Waals surface area contributed by atoms with E-state index in [-0.39, 0.29) is 12.1 Å². The SMILES string of the molecule is CCCCN(C)CCNC(=O)N1CCC(C)C(O)C1. The summed E-state index contributed by atoms with van der Waals surface area (Å²) >= 11 is 0. The fourth-order valence-corrected chi connectivity index (χ4v) is 2.24. The monoisotopic (exact) mass is 271 g/mol. The number of hydrogen-bond acceptors (Lipinski definition) is 3. The number of urea groups is 1. The highest BCUT2D eigenvalue weighted by molar-refractivity contribution is 5.74. The molecule has 0 spiro atoms. The number of carbonyl (C=O) groups excluding carboxylic acids is 1. The summed E-state index contributed by atoms with van der Waals surface area (Å²) in [5, 5.41) is 12.7. The molecule has 2 unspecified atom stereocenters. The van der Waals surface area contributed by atoms with E-state index in [1.807, 2.05) is 6.92 Å². The summed E-state index contributed by atoms with van der Waals surface area (Å²) in [6.45, 7) is 8.03. The highest BCUT2D eigenvalue weighted by atomic mass is 16.3. The summed E-state index contributed by atoms with van der Waals surface area (Å²) in [4.78, 5) is 15.9. The number of unbranched alkanes of at least 4 members (excludes halogenated alkanes) is 1. The molecule has 5 heteroatoms. The number of aliphatic hydroxyl groups excluding tert-OH is 1. The third-order valence-electron chi connectivity index (χ3n) is 3.87. The lowest BCUT2D eigenvalue weighted by Crippen LogP contribution is -2.50. The molecule has 0 aliphatic carbocycles. The van der Waals surface area contributed by atoms with Gasteiger partial charge in [0.2, 0.25) is 0 Å². The van der Waals surface area contributed by atoms with E-state index in [9.17, 15) is 9.90 Å². The van der Waals surface area contributed by atoms with E-state index in [2.05, 4.69) is 24.2 Å². The first-order valence-electron chi connectivity index (χ1n) is 7.44. The van der Waals surface area contributed by atoms with Crippen LogP contribution in [0.1, 0.15) is 33.1 Å². The zero-order valence-electron chi connectivity index (χ0n) is 12.6. The molecule has 19 heavy (non-hydrogen) atoms. The topological polar surface area (TPSA) is 55.8 Å². The zero-order valence-corrected chi connectivity index (χ0v) is 12.6. The molecule has 1 saturated heterocycles. The molecule has 112 valence electrons. The molecule has 1 aliphatic heterocycles. The van der Waals surface area contributed by atoms with Crippen molar-refractivity contribution in [3.63, 3.8) is 0 Å². The van der Waals surface area contributed by atoms with E-state index in [1.165, 1.54) is 12.8 Å². The Morgan fingerprint density at radius 3 is 2.84 bits per heavy atom. The molecule has 0 radical (unpaired) electrons. The summed E-state index contributed by atoms with van der Waals surface area (Å²) in [6.07, 6.45) is 2.89. The first-order valence-corrected chi connectivity index (χ1v) is 7.44. The number of rotatable bonds is 6. The largest absolute Gasteiger partial charge is 0.391 e. The van der Waals surface area contributed by atoms with Crippen LogP contribution < -0.4 is 5.32 Å². The lowest BCUT2D eigenvalue weighted by Gasteiger charge is -2.34. The highest BCUT2D eigenvalue weighted by Crippen LogP contribution is 2.16. The van der Waals surface area contributed by atoms with Crippen LogP contribution in [-0.2, 0) is 0 Å². The van der Waals surface area contributed by atoms with Gasteiger partial charge in [-0.05, 0) is 32.4 Å². The minimum absolute atomic E-state index is 0.0464. The zero-order chi connectivity index (χ0) is 14.3. The van der Waals surface area contributed by atoms with Gasteiger partial charge in [-0.1, -0.05) is 20.3 Å². The highest BCUT2D eigenvalue weighted by Gasteiger charge is 2.26. The number of piperidine rings is 1. The number of nitrogens with zero attached hydrogens (tertiary/aromatic N) is 2. The lowest BCUT2D eigenvalue weighted by molar-refractivity contribution is 0.0435. The van der Waals surface area contributed by atoms with E-state index in [0.717, 1.165) is 26.1 Å². The van der Waals surface area contributed by atoms with Crippen LogP contribution in [0.25, 0.3) is 0 Å². The Morgan fingerprint density at radius 2 is 2.21 bits per heavy atom. The summed E-state index contributed by atoms with van der Waals surface area (Å²) in [7, 11) is 2.08. The van der Waals surface area contributed by atoms with Crippen molar-refractivity contribution in [3.05, 3.63) is 0 Å². The summed E-state index contributed by atoms with van der Waals surface area (Å²) in [5.41, 5.74) is 0. The maximum Gasteiger partial charge on any atom is 0.317 e. The molecule has 2 N–H and O–H groups in total. The van der Waals surface area contributed by atoms with Gasteiger partial charge in [-0.3, -0.25) is 0 Å². The quantitative estimate of drug-likeness (QED) is 0.761. The molecule has 5 nitrogen and oxygen atoms in total. The Kier molecular flexibility index (Phi) is 7.16. The molecule has 0 aromatic heterocycles. The molecule has 0 saturated carbocycles. The fraction of sp³-hybridized carbons (Fsp3) is 0.929. The van der Waals surface area contributed by atoms with Crippen LogP contribution in [-0.4, -0.2) is 66.8 Å². The van der Waals surface area contributed by atoms with Crippen molar-refractivity contribution >= 4 is 6.03 Å². The van der Waals surface area contributed by atoms with E-state index in [1.54, 1.807) is 4.90 Å². The van der Waals surface area contributed by atoms with Crippen LogP contribution in [0.5, 0.6) is 0 Å². The molecular weight excluding hydrogens is 242 g/mol. The molecule has 1 heterocycles. The van der Waals surface area contributed by atoms with Gasteiger partial charge in [0.25, 0.3) is 0 Å². The lowest BCUT2D eigenvalue weighted by atomic mass is 9.96. The van der Waals surface area contributed by atoms with Crippen molar-refractivity contribution in [2.45, 2.75) is 39.2 Å². The minimum Gasteiger partial charge on any atom is -0.391 e. The second kappa shape index (κ2) is 8.38. The maximum atomic E-state index is 11.9. The molecule has 1 aliphatic rings. The Labute approximate surface area is 117 Å². The molecule has 0 aromatic carbocycles. The number of carbonyl (C=O) groups is 1. The molecule has 2 atom stereocenters. The van der Waals surface area contributed by atoms with E-state index >= 15 is 0 Å². The van der Waals surface area contributed by atoms with E-state index in [4.69, 9.17) is 0 Å². The number of β-amino-alcohol motifs (C(OH)–C–C–N with tert-alkyl or cyclic N) is 1. The van der Waals surface area contributed by atoms with Crippen molar-refractivity contribution in [2.24, 2.45) is 5.92 Å². The van der Waals surface area contributed by atoms with Gasteiger partial charge >= 0.3 is 6.03 Å². The Morgan fingerprint density at radius 1 is 1.47 bits per heavy atom. The molecule has 0 bridgehead atoms. The van der Waals surface area contributed by atoms with E-state index in [0.29, 0.717) is 19.0 Å². The first kappa shape index (κ1) is 16.2. The van der Waals surface area contributed by atoms with Crippen LogP contribution in [0.15, 0.2) is 0 Å². The normalized spacial score (nSPS) is 23.7. The van der Waals surface area contributed by atoms with Crippen LogP contribution in [0.2, 0.25) is 0 Å². The van der Waals surface area contributed by atoms with Crippen molar-refractivity contribution < 1.29 is 9.90 Å². The fourth-order valence-electron chi connectivity index (χ4n) is 2.24. The third kappa shape index (κ3) is 5.78. The van der Waals surface area contributed by atoms with Gasteiger partial charge in [0, 0.05) is 26.2 Å². The summed E-state index contributed by atoms with van der Waals surface area (Å²) < 4.78 is 0. The van der Waals surface area contributed by atoms with Crippen molar-refractivity contribution in [1.82, 2.24) is 15.1 Å². The standard InChI is InChI=1S/C14H29N3O2/c1-4-5-8-16(3)10-7-15-14(19)17-9-6-12(2)13(18)11-17/h12-13,18H,4-11H2,1-3H3,(H,15,19). The predicted octanol–water partition coefficient (Wildman–Crippen LogP) is 1.13. The van der Waals surface area contributed by atoms with Crippen LogP contribution in [0.3, 0.4) is 0 Å². The van der Waals surface area contributed by atoms with Crippen LogP contribution in [0, 0.1) is 5.92 Å². The van der Waals surface area contributed by atoms with Gasteiger partial charge in [0.15, 0.2) is 0 Å². The average molecular weight is 271 g/mol. The summed E-state index contributed by atoms with van der Waals surface area (Å²) in [6, 6.07) is -0.0464. The maximum absolute atomic E-state index is 11.9. The van der Waals surface area contributed by atoms with Crippen molar-refractivity contribution in [1.29, 1.82) is 0 Å². The van der Waals surface area contributed by atoms with Crippen molar-refractivity contribution in [3.8, 4) is 0 Å². The number of hydrogen-bond donors (Lipinski definition) is 2. The molecule has 0 aromatic rings. The third-order valence-corrected chi connectivity index (χ3v) is 3.87. The molecule has 1 fully saturated rings. The Bertz CT molecular complexity index is 273. The van der Waals surface area contributed by atoms with E-state index < -0.39 is 0 Å². The molecule has 1 rings (SSSR count). The van der Waals surface area contributed by atoms with Crippen LogP contribution in [0.4, 0.5) is 4.79 Å². The van der Waals surface area contributed by atoms with Gasteiger partial charge < -0.3 is 20.2 Å². The van der Waals surface area contributed by atoms with Gasteiger partial charge in [0.1, 0.15) is 0 Å². The average Bonchev–Trinajstić information content (AvgIpc) is 2.39. The minimum atomic E-state index is -0.383. The second-order valence-corrected chi connectivity index (χ2v) is 5.67. The van der Waals surface area contributed by atoms with Crippen LogP contribution >= 0.6 is 0 Å².